The molecule has 76 valence electrons. The fourth-order valence-electron chi connectivity index (χ4n) is 1.40. The van der Waals surface area contributed by atoms with Crippen LogP contribution < -0.4 is 5.11 Å². The molecule has 0 spiro atoms. The average Bonchev–Trinajstić information content (AvgIpc) is 1.53. The molecule has 0 saturated carbocycles. The molecule has 12 heavy (non-hydrogen) atoms. The Morgan fingerprint density at radius 1 is 1.42 bits per heavy atom. The molecule has 0 fully saturated rings. The predicted molar refractivity (Wildman–Crippen MR) is 42.9 cm³/mol. The van der Waals surface area contributed by atoms with Crippen LogP contribution in [0.3, 0.4) is 0 Å². The number of carbonyl (C=O) groups is 1. The van der Waals surface area contributed by atoms with Crippen molar-refractivity contribution >= 4 is 5.97 Å². The minimum absolute atomic E-state index is 0. The number of carboxylic acids is 1. The van der Waals surface area contributed by atoms with E-state index >= 15 is 0 Å². The van der Waals surface area contributed by atoms with E-state index in [2.05, 4.69) is 20.8 Å². The van der Waals surface area contributed by atoms with Gasteiger partial charge in [0.05, 0.1) is 0 Å². The third-order valence-electron chi connectivity index (χ3n) is 1.48. The summed E-state index contributed by atoms with van der Waals surface area (Å²) >= 11 is 0. The summed E-state index contributed by atoms with van der Waals surface area (Å²) in [6.07, 6.45) is 1.11. The molecule has 2 nitrogen and oxygen atoms in total. The van der Waals surface area contributed by atoms with Gasteiger partial charge < -0.3 is 9.90 Å². The van der Waals surface area contributed by atoms with E-state index in [-0.39, 0.29) is 40.1 Å². The standard InChI is InChI=1S/C9H18O2.Ag/c1-7(5-8(10)11)6-9(2,3)4;/h7H,5-6H2,1-4H3,(H,10,11);/q;+1/p-1. The zero-order valence-electron chi connectivity index (χ0n) is 8.11. The Balaban J connectivity index is 0. The van der Waals surface area contributed by atoms with Crippen molar-refractivity contribution in [1.82, 2.24) is 0 Å². The number of hydrogen-bond donors (Lipinski definition) is 0. The Labute approximate surface area is 90.2 Å². The molecule has 1 atom stereocenters. The van der Waals surface area contributed by atoms with Crippen LogP contribution in [0.15, 0.2) is 0 Å². The first kappa shape index (κ1) is 14.7. The molecule has 0 aromatic heterocycles. The number of aliphatic carboxylic acids is 1. The summed E-state index contributed by atoms with van der Waals surface area (Å²) in [5, 5.41) is 10.2. The maximum atomic E-state index is 10.2. The van der Waals surface area contributed by atoms with Crippen LogP contribution in [0.5, 0.6) is 0 Å². The second-order valence-electron chi connectivity index (χ2n) is 4.45. The molecule has 0 aliphatic heterocycles. The van der Waals surface area contributed by atoms with Crippen LogP contribution in [-0.2, 0) is 27.2 Å². The number of hydrogen-bond acceptors (Lipinski definition) is 2. The van der Waals surface area contributed by atoms with Crippen molar-refractivity contribution in [3.63, 3.8) is 0 Å². The van der Waals surface area contributed by atoms with Gasteiger partial charge in [0, 0.05) is 5.97 Å². The van der Waals surface area contributed by atoms with Crippen LogP contribution in [0.4, 0.5) is 0 Å². The smallest absolute Gasteiger partial charge is 0.550 e. The second kappa shape index (κ2) is 5.79. The minimum atomic E-state index is -0.943. The van der Waals surface area contributed by atoms with E-state index in [1.54, 1.807) is 0 Å². The van der Waals surface area contributed by atoms with Crippen molar-refractivity contribution in [2.24, 2.45) is 11.3 Å². The molecule has 3 heteroatoms. The summed E-state index contributed by atoms with van der Waals surface area (Å²) in [5.74, 6) is -0.721. The van der Waals surface area contributed by atoms with Gasteiger partial charge in [0.1, 0.15) is 0 Å². The van der Waals surface area contributed by atoms with Crippen molar-refractivity contribution in [3.05, 3.63) is 0 Å². The first-order valence-corrected chi connectivity index (χ1v) is 4.01. The summed E-state index contributed by atoms with van der Waals surface area (Å²) in [6.45, 7) is 8.28. The molecule has 0 amide bonds. The molecule has 0 aromatic carbocycles. The zero-order chi connectivity index (χ0) is 9.07. The molecule has 0 saturated heterocycles. The van der Waals surface area contributed by atoms with Crippen LogP contribution in [0.1, 0.15) is 40.5 Å². The number of rotatable bonds is 3. The third-order valence-corrected chi connectivity index (χ3v) is 1.48. The largest absolute Gasteiger partial charge is 1.00 e. The van der Waals surface area contributed by atoms with Gasteiger partial charge >= 0.3 is 22.4 Å². The van der Waals surface area contributed by atoms with Crippen LogP contribution in [0, 0.1) is 11.3 Å². The van der Waals surface area contributed by atoms with Crippen molar-refractivity contribution < 1.29 is 32.3 Å². The molecular weight excluding hydrogens is 248 g/mol. The van der Waals surface area contributed by atoms with Crippen molar-refractivity contribution in [1.29, 1.82) is 0 Å². The summed E-state index contributed by atoms with van der Waals surface area (Å²) in [6, 6.07) is 0. The topological polar surface area (TPSA) is 40.1 Å². The average molecular weight is 265 g/mol. The van der Waals surface area contributed by atoms with Gasteiger partial charge in [-0.25, -0.2) is 0 Å². The van der Waals surface area contributed by atoms with Crippen LogP contribution >= 0.6 is 0 Å². The van der Waals surface area contributed by atoms with Gasteiger partial charge in [0.25, 0.3) is 0 Å². The molecule has 0 N–H and O–H groups in total. The van der Waals surface area contributed by atoms with E-state index in [9.17, 15) is 9.90 Å². The normalized spacial score (nSPS) is 13.3. The molecule has 0 aliphatic rings. The summed E-state index contributed by atoms with van der Waals surface area (Å²) in [5.41, 5.74) is 0.217. The predicted octanol–water partition coefficient (Wildman–Crippen LogP) is 1.20. The van der Waals surface area contributed by atoms with Crippen LogP contribution in [0.25, 0.3) is 0 Å². The van der Waals surface area contributed by atoms with Gasteiger partial charge in [-0.15, -0.1) is 0 Å². The van der Waals surface area contributed by atoms with Crippen LogP contribution in [0.2, 0.25) is 0 Å². The number of carbonyl (C=O) groups excluding carboxylic acids is 1. The third kappa shape index (κ3) is 10.2. The SMILES string of the molecule is CC(CC(=O)[O-])CC(C)(C)C.[Ag+]. The van der Waals surface area contributed by atoms with Crippen LogP contribution in [-0.4, -0.2) is 5.97 Å². The molecule has 0 heterocycles. The molecule has 0 aliphatic carbocycles. The zero-order valence-corrected chi connectivity index (χ0v) is 9.59. The van der Waals surface area contributed by atoms with Gasteiger partial charge in [0.15, 0.2) is 0 Å². The molecular formula is C9H17AgO2. The minimum Gasteiger partial charge on any atom is -0.550 e. The Morgan fingerprint density at radius 2 is 1.83 bits per heavy atom. The van der Waals surface area contributed by atoms with E-state index in [1.807, 2.05) is 6.92 Å². The Bertz CT molecular complexity index is 138. The first-order valence-electron chi connectivity index (χ1n) is 4.01. The molecule has 0 radical (unpaired) electrons. The summed E-state index contributed by atoms with van der Waals surface area (Å²) in [7, 11) is 0. The van der Waals surface area contributed by atoms with Gasteiger partial charge in [0.2, 0.25) is 0 Å². The Kier molecular flexibility index (Phi) is 7.10. The fraction of sp³-hybridized carbons (Fsp3) is 0.889. The van der Waals surface area contributed by atoms with E-state index in [0.29, 0.717) is 0 Å². The molecule has 0 rings (SSSR count). The van der Waals surface area contributed by atoms with Gasteiger partial charge in [-0.1, -0.05) is 27.7 Å². The van der Waals surface area contributed by atoms with Crippen molar-refractivity contribution in [3.8, 4) is 0 Å². The van der Waals surface area contributed by atoms with Gasteiger partial charge in [-0.3, -0.25) is 0 Å². The van der Waals surface area contributed by atoms with E-state index in [0.717, 1.165) is 6.42 Å². The summed E-state index contributed by atoms with van der Waals surface area (Å²) in [4.78, 5) is 10.2. The van der Waals surface area contributed by atoms with E-state index in [1.165, 1.54) is 0 Å². The first-order chi connectivity index (χ1) is 4.81. The maximum Gasteiger partial charge on any atom is 1.00 e. The maximum absolute atomic E-state index is 10.2. The molecule has 0 bridgehead atoms. The molecule has 1 unspecified atom stereocenters. The monoisotopic (exact) mass is 264 g/mol. The van der Waals surface area contributed by atoms with Gasteiger partial charge in [-0.2, -0.15) is 0 Å². The molecule has 0 aromatic rings. The van der Waals surface area contributed by atoms with Crippen molar-refractivity contribution in [2.75, 3.05) is 0 Å². The van der Waals surface area contributed by atoms with Gasteiger partial charge in [-0.05, 0) is 24.2 Å². The second-order valence-corrected chi connectivity index (χ2v) is 4.45. The Hall–Kier alpha value is 0.210. The van der Waals surface area contributed by atoms with E-state index < -0.39 is 5.97 Å². The Morgan fingerprint density at radius 3 is 2.08 bits per heavy atom. The van der Waals surface area contributed by atoms with Crippen molar-refractivity contribution in [2.45, 2.75) is 40.5 Å². The van der Waals surface area contributed by atoms with E-state index in [4.69, 9.17) is 0 Å². The fourth-order valence-corrected chi connectivity index (χ4v) is 1.40. The quantitative estimate of drug-likeness (QED) is 0.719. The number of carboxylic acid groups (broad SMARTS) is 1. The summed E-state index contributed by atoms with van der Waals surface area (Å²) < 4.78 is 0.